The number of rotatable bonds is 8. The predicted molar refractivity (Wildman–Crippen MR) is 135 cm³/mol. The highest BCUT2D eigenvalue weighted by atomic mass is 19.1. The average Bonchev–Trinajstić information content (AvgIpc) is 2.84. The molecule has 0 amide bonds. The fourth-order valence-corrected chi connectivity index (χ4v) is 5.36. The van der Waals surface area contributed by atoms with Gasteiger partial charge in [-0.15, -0.1) is 0 Å². The highest BCUT2D eigenvalue weighted by molar-refractivity contribution is 5.67. The standard InChI is InChI=1S/C27H38F2N4O/c1-3-21-17-25(30)27(34-4-2)19-26(21)33-9-6-24(7-10-33)32-13-11-31(12-14-32)8-5-20-15-22(28)18-23(29)16-20/h15-19,24H,3-14,30H2,1-2H3. The van der Waals surface area contributed by atoms with Crippen LogP contribution in [0.25, 0.3) is 0 Å². The second kappa shape index (κ2) is 11.4. The van der Waals surface area contributed by atoms with Crippen molar-refractivity contribution in [3.8, 4) is 5.75 Å². The van der Waals surface area contributed by atoms with E-state index in [-0.39, 0.29) is 0 Å². The molecule has 7 heteroatoms. The molecular formula is C27H38F2N4O. The molecule has 0 radical (unpaired) electrons. The average molecular weight is 473 g/mol. The first-order chi connectivity index (χ1) is 16.5. The first-order valence-corrected chi connectivity index (χ1v) is 12.7. The van der Waals surface area contributed by atoms with Gasteiger partial charge in [-0.05, 0) is 61.9 Å². The van der Waals surface area contributed by atoms with Gasteiger partial charge in [0.15, 0.2) is 0 Å². The van der Waals surface area contributed by atoms with Crippen molar-refractivity contribution in [1.29, 1.82) is 0 Å². The molecule has 0 aromatic heterocycles. The van der Waals surface area contributed by atoms with Crippen LogP contribution in [0.4, 0.5) is 20.2 Å². The predicted octanol–water partition coefficient (Wildman–Crippen LogP) is 4.34. The highest BCUT2D eigenvalue weighted by Crippen LogP contribution is 2.34. The van der Waals surface area contributed by atoms with Gasteiger partial charge in [-0.25, -0.2) is 8.78 Å². The molecule has 34 heavy (non-hydrogen) atoms. The Morgan fingerprint density at radius 2 is 1.59 bits per heavy atom. The second-order valence-electron chi connectivity index (χ2n) is 9.43. The minimum absolute atomic E-state index is 0.495. The van der Waals surface area contributed by atoms with E-state index in [0.29, 0.717) is 19.1 Å². The third kappa shape index (κ3) is 5.99. The SMILES string of the molecule is CCOc1cc(N2CCC(N3CCN(CCc4cc(F)cc(F)c4)CC3)CC2)c(CC)cc1N. The largest absolute Gasteiger partial charge is 0.492 e. The Kier molecular flexibility index (Phi) is 8.27. The maximum absolute atomic E-state index is 13.4. The molecule has 0 saturated carbocycles. The lowest BCUT2D eigenvalue weighted by molar-refractivity contribution is 0.0855. The third-order valence-electron chi connectivity index (χ3n) is 7.26. The van der Waals surface area contributed by atoms with E-state index in [1.54, 1.807) is 0 Å². The van der Waals surface area contributed by atoms with Gasteiger partial charge in [0.1, 0.15) is 17.4 Å². The number of benzene rings is 2. The van der Waals surface area contributed by atoms with Crippen LogP contribution in [0.15, 0.2) is 30.3 Å². The zero-order valence-corrected chi connectivity index (χ0v) is 20.5. The fraction of sp³-hybridized carbons (Fsp3) is 0.556. The Balaban J connectivity index is 1.26. The summed E-state index contributed by atoms with van der Waals surface area (Å²) in [6.07, 6.45) is 3.94. The molecule has 4 rings (SSSR count). The van der Waals surface area contributed by atoms with Crippen molar-refractivity contribution in [1.82, 2.24) is 9.80 Å². The van der Waals surface area contributed by atoms with Crippen LogP contribution < -0.4 is 15.4 Å². The molecule has 0 spiro atoms. The van der Waals surface area contributed by atoms with Crippen molar-refractivity contribution in [2.45, 2.75) is 45.6 Å². The van der Waals surface area contributed by atoms with Crippen molar-refractivity contribution in [2.24, 2.45) is 0 Å². The van der Waals surface area contributed by atoms with E-state index in [1.807, 2.05) is 6.92 Å². The molecule has 0 unspecified atom stereocenters. The van der Waals surface area contributed by atoms with Gasteiger partial charge in [0.05, 0.1) is 12.3 Å². The number of anilines is 2. The summed E-state index contributed by atoms with van der Waals surface area (Å²) in [5.74, 6) is -0.204. The van der Waals surface area contributed by atoms with Crippen molar-refractivity contribution >= 4 is 11.4 Å². The molecule has 0 aliphatic carbocycles. The van der Waals surface area contributed by atoms with E-state index in [0.717, 1.165) is 88.1 Å². The van der Waals surface area contributed by atoms with E-state index in [9.17, 15) is 8.78 Å². The fourth-order valence-electron chi connectivity index (χ4n) is 5.36. The first kappa shape index (κ1) is 24.7. The minimum Gasteiger partial charge on any atom is -0.492 e. The molecule has 2 aromatic carbocycles. The van der Waals surface area contributed by atoms with E-state index in [2.05, 4.69) is 33.8 Å². The van der Waals surface area contributed by atoms with Gasteiger partial charge >= 0.3 is 0 Å². The molecule has 2 fully saturated rings. The lowest BCUT2D eigenvalue weighted by atomic mass is 9.99. The maximum atomic E-state index is 13.4. The van der Waals surface area contributed by atoms with E-state index in [4.69, 9.17) is 10.5 Å². The van der Waals surface area contributed by atoms with Gasteiger partial charge in [0, 0.05) is 69.7 Å². The topological polar surface area (TPSA) is 45.0 Å². The number of nitrogen functional groups attached to an aromatic ring is 1. The number of hydrogen-bond acceptors (Lipinski definition) is 5. The van der Waals surface area contributed by atoms with Crippen molar-refractivity contribution in [3.63, 3.8) is 0 Å². The van der Waals surface area contributed by atoms with Gasteiger partial charge in [0.25, 0.3) is 0 Å². The summed E-state index contributed by atoms with van der Waals surface area (Å²) in [4.78, 5) is 7.53. The van der Waals surface area contributed by atoms with Crippen LogP contribution in [0.5, 0.6) is 5.75 Å². The number of aryl methyl sites for hydroxylation is 1. The summed E-state index contributed by atoms with van der Waals surface area (Å²) in [6, 6.07) is 8.62. The van der Waals surface area contributed by atoms with Crippen LogP contribution in [-0.4, -0.2) is 68.3 Å². The van der Waals surface area contributed by atoms with E-state index in [1.165, 1.54) is 23.4 Å². The maximum Gasteiger partial charge on any atom is 0.144 e. The van der Waals surface area contributed by atoms with Crippen LogP contribution >= 0.6 is 0 Å². The van der Waals surface area contributed by atoms with E-state index >= 15 is 0 Å². The van der Waals surface area contributed by atoms with Gasteiger partial charge < -0.3 is 20.3 Å². The third-order valence-corrected chi connectivity index (χ3v) is 7.26. The Hall–Kier alpha value is -2.38. The zero-order valence-electron chi connectivity index (χ0n) is 20.5. The molecule has 2 saturated heterocycles. The van der Waals surface area contributed by atoms with E-state index < -0.39 is 11.6 Å². The summed E-state index contributed by atoms with van der Waals surface area (Å²) in [7, 11) is 0. The summed E-state index contributed by atoms with van der Waals surface area (Å²) >= 11 is 0. The number of nitrogens with zero attached hydrogens (tertiary/aromatic N) is 3. The molecule has 186 valence electrons. The van der Waals surface area contributed by atoms with Crippen LogP contribution in [0, 0.1) is 11.6 Å². The monoisotopic (exact) mass is 472 g/mol. The number of piperidine rings is 1. The molecular weight excluding hydrogens is 434 g/mol. The van der Waals surface area contributed by atoms with Gasteiger partial charge in [0.2, 0.25) is 0 Å². The Morgan fingerprint density at radius 1 is 0.912 bits per heavy atom. The summed E-state index contributed by atoms with van der Waals surface area (Å²) < 4.78 is 32.6. The van der Waals surface area contributed by atoms with Crippen LogP contribution in [0.1, 0.15) is 37.8 Å². The summed E-state index contributed by atoms with van der Waals surface area (Å²) in [6.45, 7) is 11.8. The molecule has 5 nitrogen and oxygen atoms in total. The summed E-state index contributed by atoms with van der Waals surface area (Å²) in [5, 5.41) is 0. The van der Waals surface area contributed by atoms with Crippen molar-refractivity contribution in [3.05, 3.63) is 53.1 Å². The van der Waals surface area contributed by atoms with Gasteiger partial charge in [-0.1, -0.05) is 6.92 Å². The molecule has 2 N–H and O–H groups in total. The molecule has 2 heterocycles. The quantitative estimate of drug-likeness (QED) is 0.579. The summed E-state index contributed by atoms with van der Waals surface area (Å²) in [5.41, 5.74) is 10.2. The van der Waals surface area contributed by atoms with Crippen LogP contribution in [0.3, 0.4) is 0 Å². The first-order valence-electron chi connectivity index (χ1n) is 12.7. The lowest BCUT2D eigenvalue weighted by Gasteiger charge is -2.43. The Bertz CT molecular complexity index is 934. The number of ether oxygens (including phenoxy) is 1. The molecule has 0 bridgehead atoms. The Labute approximate surface area is 202 Å². The normalized spacial score (nSPS) is 18.4. The minimum atomic E-state index is -0.495. The highest BCUT2D eigenvalue weighted by Gasteiger charge is 2.28. The van der Waals surface area contributed by atoms with Gasteiger partial charge in [-0.3, -0.25) is 4.90 Å². The smallest absolute Gasteiger partial charge is 0.144 e. The van der Waals surface area contributed by atoms with Crippen molar-refractivity contribution in [2.75, 3.05) is 63.1 Å². The molecule has 2 aliphatic rings. The zero-order chi connectivity index (χ0) is 24.1. The molecule has 2 aliphatic heterocycles. The molecule has 0 atom stereocenters. The number of hydrogen-bond donors (Lipinski definition) is 1. The number of piperazine rings is 1. The van der Waals surface area contributed by atoms with Crippen molar-refractivity contribution < 1.29 is 13.5 Å². The Morgan fingerprint density at radius 3 is 2.21 bits per heavy atom. The number of halogens is 2. The lowest BCUT2D eigenvalue weighted by Crippen LogP contribution is -2.53. The molecule has 2 aromatic rings. The van der Waals surface area contributed by atoms with Crippen LogP contribution in [0.2, 0.25) is 0 Å². The second-order valence-corrected chi connectivity index (χ2v) is 9.43. The number of nitrogens with two attached hydrogens (primary N) is 1. The van der Waals surface area contributed by atoms with Crippen LogP contribution in [-0.2, 0) is 12.8 Å². The van der Waals surface area contributed by atoms with Gasteiger partial charge in [-0.2, -0.15) is 0 Å².